The maximum Gasteiger partial charge on any atom is 0.241 e. The first kappa shape index (κ1) is 13.0. The lowest BCUT2D eigenvalue weighted by Crippen LogP contribution is -2.23. The first-order valence-electron chi connectivity index (χ1n) is 5.07. The van der Waals surface area contributed by atoms with Crippen molar-refractivity contribution in [3.05, 3.63) is 41.4 Å². The monoisotopic (exact) mass is 286 g/mol. The van der Waals surface area contributed by atoms with Gasteiger partial charge in [0.25, 0.3) is 0 Å². The molecular weight excluding hydrogens is 276 g/mol. The number of halogens is 1. The number of sulfonamides is 1. The Bertz CT molecular complexity index is 653. The normalized spacial score (nSPS) is 11.7. The van der Waals surface area contributed by atoms with E-state index in [4.69, 9.17) is 11.6 Å². The lowest BCUT2D eigenvalue weighted by atomic mass is 10.4. The Kier molecular flexibility index (Phi) is 3.65. The van der Waals surface area contributed by atoms with Crippen LogP contribution in [-0.4, -0.2) is 23.2 Å². The molecule has 8 heteroatoms. The standard InChI is InChI=1S/C10H11ClN4O2S/c1-15-5-3-8(14-15)7-13-18(16,17)9-2-4-12-10(11)6-9/h2-6,13H,7H2,1H3. The minimum Gasteiger partial charge on any atom is -0.276 e. The van der Waals surface area contributed by atoms with Gasteiger partial charge in [-0.25, -0.2) is 18.1 Å². The molecule has 0 aliphatic rings. The second-order valence-corrected chi connectivity index (χ2v) is 5.77. The van der Waals surface area contributed by atoms with Gasteiger partial charge in [-0.1, -0.05) is 11.6 Å². The summed E-state index contributed by atoms with van der Waals surface area (Å²) in [5.41, 5.74) is 0.640. The zero-order valence-corrected chi connectivity index (χ0v) is 11.1. The Morgan fingerprint density at radius 1 is 1.44 bits per heavy atom. The molecule has 0 radical (unpaired) electrons. The van der Waals surface area contributed by atoms with E-state index in [-0.39, 0.29) is 16.6 Å². The van der Waals surface area contributed by atoms with Crippen LogP contribution >= 0.6 is 11.6 Å². The second kappa shape index (κ2) is 5.05. The largest absolute Gasteiger partial charge is 0.276 e. The molecule has 18 heavy (non-hydrogen) atoms. The van der Waals surface area contributed by atoms with Crippen LogP contribution in [0.4, 0.5) is 0 Å². The van der Waals surface area contributed by atoms with Crippen molar-refractivity contribution in [3.8, 4) is 0 Å². The van der Waals surface area contributed by atoms with Crippen LogP contribution in [0.15, 0.2) is 35.5 Å². The molecule has 0 spiro atoms. The van der Waals surface area contributed by atoms with Crippen molar-refractivity contribution in [1.29, 1.82) is 0 Å². The van der Waals surface area contributed by atoms with E-state index in [1.807, 2.05) is 0 Å². The van der Waals surface area contributed by atoms with Crippen LogP contribution in [0.5, 0.6) is 0 Å². The van der Waals surface area contributed by atoms with Gasteiger partial charge in [0.2, 0.25) is 10.0 Å². The summed E-state index contributed by atoms with van der Waals surface area (Å²) in [6.45, 7) is 0.128. The maximum absolute atomic E-state index is 11.9. The molecule has 0 unspecified atom stereocenters. The minimum absolute atomic E-state index is 0.0819. The molecule has 2 aromatic rings. The molecule has 0 amide bonds. The first-order chi connectivity index (χ1) is 8.47. The SMILES string of the molecule is Cn1ccc(CNS(=O)(=O)c2ccnc(Cl)c2)n1. The van der Waals surface area contributed by atoms with E-state index in [0.29, 0.717) is 5.69 Å². The third-order valence-corrected chi connectivity index (χ3v) is 3.83. The fourth-order valence-electron chi connectivity index (χ4n) is 1.36. The number of aryl methyl sites for hydroxylation is 1. The fraction of sp³-hybridized carbons (Fsp3) is 0.200. The van der Waals surface area contributed by atoms with Gasteiger partial charge < -0.3 is 0 Å². The van der Waals surface area contributed by atoms with Gasteiger partial charge >= 0.3 is 0 Å². The van der Waals surface area contributed by atoms with Crippen LogP contribution in [0.1, 0.15) is 5.69 Å². The van der Waals surface area contributed by atoms with E-state index < -0.39 is 10.0 Å². The summed E-state index contributed by atoms with van der Waals surface area (Å²) in [6, 6.07) is 4.41. The topological polar surface area (TPSA) is 76.9 Å². The minimum atomic E-state index is -3.60. The summed E-state index contributed by atoms with van der Waals surface area (Å²) in [6.07, 6.45) is 3.09. The van der Waals surface area contributed by atoms with E-state index >= 15 is 0 Å². The predicted octanol–water partition coefficient (Wildman–Crippen LogP) is 0.947. The molecule has 0 bridgehead atoms. The summed E-state index contributed by atoms with van der Waals surface area (Å²) in [5.74, 6) is 0. The number of nitrogens with zero attached hydrogens (tertiary/aromatic N) is 3. The van der Waals surface area contributed by atoms with Gasteiger partial charge in [0.05, 0.1) is 17.1 Å². The van der Waals surface area contributed by atoms with Crippen molar-refractivity contribution >= 4 is 21.6 Å². The summed E-state index contributed by atoms with van der Waals surface area (Å²) in [4.78, 5) is 3.81. The summed E-state index contributed by atoms with van der Waals surface area (Å²) >= 11 is 5.65. The van der Waals surface area contributed by atoms with Crippen LogP contribution in [0, 0.1) is 0 Å². The Labute approximate surface area is 110 Å². The van der Waals surface area contributed by atoms with E-state index in [0.717, 1.165) is 0 Å². The average Bonchev–Trinajstić information content (AvgIpc) is 2.73. The van der Waals surface area contributed by atoms with Crippen LogP contribution < -0.4 is 4.72 Å². The lowest BCUT2D eigenvalue weighted by Gasteiger charge is -2.05. The number of nitrogens with one attached hydrogen (secondary N) is 1. The van der Waals surface area contributed by atoms with E-state index in [2.05, 4.69) is 14.8 Å². The molecule has 0 saturated carbocycles. The molecule has 0 aliphatic carbocycles. The van der Waals surface area contributed by atoms with Crippen LogP contribution in [0.2, 0.25) is 5.15 Å². The molecule has 6 nitrogen and oxygen atoms in total. The van der Waals surface area contributed by atoms with Crippen molar-refractivity contribution < 1.29 is 8.42 Å². The van der Waals surface area contributed by atoms with Gasteiger partial charge in [0.1, 0.15) is 5.15 Å². The first-order valence-corrected chi connectivity index (χ1v) is 6.93. The number of rotatable bonds is 4. The molecule has 1 N–H and O–H groups in total. The number of hydrogen-bond acceptors (Lipinski definition) is 4. The van der Waals surface area contributed by atoms with Gasteiger partial charge in [-0.3, -0.25) is 4.68 Å². The Morgan fingerprint density at radius 3 is 2.83 bits per heavy atom. The molecule has 0 saturated heterocycles. The quantitative estimate of drug-likeness (QED) is 0.849. The third kappa shape index (κ3) is 3.06. The van der Waals surface area contributed by atoms with Gasteiger partial charge in [-0.15, -0.1) is 0 Å². The molecule has 0 aromatic carbocycles. The van der Waals surface area contributed by atoms with Crippen molar-refractivity contribution in [3.63, 3.8) is 0 Å². The van der Waals surface area contributed by atoms with E-state index in [1.54, 1.807) is 24.0 Å². The fourth-order valence-corrected chi connectivity index (χ4v) is 2.61. The summed E-state index contributed by atoms with van der Waals surface area (Å²) in [5, 5.41) is 4.21. The van der Waals surface area contributed by atoms with Gasteiger partial charge in [-0.05, 0) is 18.2 Å². The molecular formula is C10H11ClN4O2S. The average molecular weight is 287 g/mol. The Hall–Kier alpha value is -1.44. The molecule has 96 valence electrons. The molecule has 0 aliphatic heterocycles. The van der Waals surface area contributed by atoms with Crippen molar-refractivity contribution in [2.75, 3.05) is 0 Å². The zero-order chi connectivity index (χ0) is 13.2. The van der Waals surface area contributed by atoms with E-state index in [9.17, 15) is 8.42 Å². The molecule has 0 fully saturated rings. The molecule has 2 rings (SSSR count). The van der Waals surface area contributed by atoms with Crippen molar-refractivity contribution in [2.24, 2.45) is 7.05 Å². The lowest BCUT2D eigenvalue weighted by molar-refractivity contribution is 0.579. The summed E-state index contributed by atoms with van der Waals surface area (Å²) in [7, 11) is -1.83. The highest BCUT2D eigenvalue weighted by Gasteiger charge is 2.14. The van der Waals surface area contributed by atoms with Crippen LogP contribution in [-0.2, 0) is 23.6 Å². The number of aromatic nitrogens is 3. The summed E-state index contributed by atoms with van der Waals surface area (Å²) < 4.78 is 27.9. The number of pyridine rings is 1. The third-order valence-electron chi connectivity index (χ3n) is 2.22. The van der Waals surface area contributed by atoms with Crippen molar-refractivity contribution in [1.82, 2.24) is 19.5 Å². The van der Waals surface area contributed by atoms with Crippen LogP contribution in [0.3, 0.4) is 0 Å². The Balaban J connectivity index is 2.13. The predicted molar refractivity (Wildman–Crippen MR) is 66.5 cm³/mol. The molecule has 0 atom stereocenters. The maximum atomic E-state index is 11.9. The highest BCUT2D eigenvalue weighted by Crippen LogP contribution is 2.12. The zero-order valence-electron chi connectivity index (χ0n) is 9.54. The highest BCUT2D eigenvalue weighted by atomic mass is 35.5. The highest BCUT2D eigenvalue weighted by molar-refractivity contribution is 7.89. The second-order valence-electron chi connectivity index (χ2n) is 3.62. The van der Waals surface area contributed by atoms with Crippen LogP contribution in [0.25, 0.3) is 0 Å². The van der Waals surface area contributed by atoms with Gasteiger partial charge in [-0.2, -0.15) is 5.10 Å². The van der Waals surface area contributed by atoms with Gasteiger partial charge in [0.15, 0.2) is 0 Å². The van der Waals surface area contributed by atoms with Crippen molar-refractivity contribution in [2.45, 2.75) is 11.4 Å². The van der Waals surface area contributed by atoms with E-state index in [1.165, 1.54) is 18.3 Å². The molecule has 2 aromatic heterocycles. The smallest absolute Gasteiger partial charge is 0.241 e. The Morgan fingerprint density at radius 2 is 2.22 bits per heavy atom. The van der Waals surface area contributed by atoms with Gasteiger partial charge in [0, 0.05) is 19.4 Å². The molecule has 2 heterocycles. The number of hydrogen-bond donors (Lipinski definition) is 1.